The highest BCUT2D eigenvalue weighted by atomic mass is 16.3. The zero-order valence-electron chi connectivity index (χ0n) is 15.0. The van der Waals surface area contributed by atoms with Crippen molar-refractivity contribution in [3.63, 3.8) is 0 Å². The Bertz CT molecular complexity index is 915. The van der Waals surface area contributed by atoms with E-state index >= 15 is 0 Å². The fourth-order valence-electron chi connectivity index (χ4n) is 2.74. The Morgan fingerprint density at radius 1 is 0.808 bits per heavy atom. The molecule has 0 aliphatic rings. The topological polar surface area (TPSA) is 45.0 Å². The van der Waals surface area contributed by atoms with E-state index in [-0.39, 0.29) is 11.8 Å². The maximum Gasteiger partial charge on any atom is 0.155 e. The molecule has 0 aliphatic carbocycles. The normalized spacial score (nSPS) is 13.5. The Hall–Kier alpha value is -3.20. The summed E-state index contributed by atoms with van der Waals surface area (Å²) in [5, 5.41) is 10.1. The molecule has 1 N–H and O–H groups in total. The number of aromatic hydroxyl groups is 1. The third-order valence-electron chi connectivity index (χ3n) is 4.20. The molecule has 0 aliphatic heterocycles. The van der Waals surface area contributed by atoms with Gasteiger partial charge in [-0.2, -0.15) is 0 Å². The highest BCUT2D eigenvalue weighted by molar-refractivity contribution is 6.12. The number of aliphatic imine (C=N–C) groups is 2. The van der Waals surface area contributed by atoms with Crippen molar-refractivity contribution in [2.75, 3.05) is 0 Å². The van der Waals surface area contributed by atoms with Crippen LogP contribution >= 0.6 is 0 Å². The number of para-hydroxylation sites is 1. The van der Waals surface area contributed by atoms with E-state index in [1.807, 2.05) is 67.6 Å². The molecule has 0 amide bonds. The Kier molecular flexibility index (Phi) is 5.59. The first-order chi connectivity index (χ1) is 12.6. The van der Waals surface area contributed by atoms with Crippen LogP contribution in [0.1, 0.15) is 36.6 Å². The molecule has 1 unspecified atom stereocenters. The number of nitrogens with zero attached hydrogens (tertiary/aromatic N) is 2. The quantitative estimate of drug-likeness (QED) is 0.500. The summed E-state index contributed by atoms with van der Waals surface area (Å²) in [5.41, 5.74) is 3.52. The van der Waals surface area contributed by atoms with Gasteiger partial charge in [-0.05, 0) is 31.5 Å². The zero-order chi connectivity index (χ0) is 18.4. The van der Waals surface area contributed by atoms with Gasteiger partial charge in [0.25, 0.3) is 0 Å². The van der Waals surface area contributed by atoms with Crippen LogP contribution in [0.3, 0.4) is 0 Å². The zero-order valence-corrected chi connectivity index (χ0v) is 15.0. The average Bonchev–Trinajstić information content (AvgIpc) is 2.69. The Morgan fingerprint density at radius 3 is 2.04 bits per heavy atom. The van der Waals surface area contributed by atoms with Gasteiger partial charge in [0.2, 0.25) is 0 Å². The van der Waals surface area contributed by atoms with Gasteiger partial charge >= 0.3 is 0 Å². The van der Waals surface area contributed by atoms with E-state index in [4.69, 9.17) is 9.98 Å². The summed E-state index contributed by atoms with van der Waals surface area (Å²) >= 11 is 0. The maximum absolute atomic E-state index is 10.1. The number of hydrogen-bond acceptors (Lipinski definition) is 2. The van der Waals surface area contributed by atoms with Crippen LogP contribution in [0.2, 0.25) is 0 Å². The van der Waals surface area contributed by atoms with Gasteiger partial charge in [0.1, 0.15) is 5.75 Å². The van der Waals surface area contributed by atoms with Crippen LogP contribution in [0.25, 0.3) is 0 Å². The van der Waals surface area contributed by atoms with Gasteiger partial charge in [-0.1, -0.05) is 72.8 Å². The van der Waals surface area contributed by atoms with Crippen LogP contribution in [0, 0.1) is 0 Å². The van der Waals surface area contributed by atoms with Gasteiger partial charge in [0.15, 0.2) is 5.84 Å². The Balaban J connectivity index is 2.03. The number of hydrogen-bond donors (Lipinski definition) is 1. The average molecular weight is 342 g/mol. The molecule has 3 nitrogen and oxygen atoms in total. The Labute approximate surface area is 154 Å². The second-order valence-corrected chi connectivity index (χ2v) is 6.12. The summed E-state index contributed by atoms with van der Waals surface area (Å²) in [6.07, 6.45) is 0. The summed E-state index contributed by atoms with van der Waals surface area (Å²) in [7, 11) is 0. The van der Waals surface area contributed by atoms with Crippen LogP contribution in [0.15, 0.2) is 94.9 Å². The van der Waals surface area contributed by atoms with Crippen molar-refractivity contribution < 1.29 is 5.11 Å². The summed E-state index contributed by atoms with van der Waals surface area (Å²) in [6, 6.07) is 27.3. The molecule has 0 heterocycles. The van der Waals surface area contributed by atoms with Gasteiger partial charge < -0.3 is 5.11 Å². The third kappa shape index (κ3) is 4.25. The molecule has 0 saturated heterocycles. The minimum absolute atomic E-state index is 0.0210. The molecule has 0 bridgehead atoms. The lowest BCUT2D eigenvalue weighted by Gasteiger charge is -2.11. The first-order valence-electron chi connectivity index (χ1n) is 8.67. The fourth-order valence-corrected chi connectivity index (χ4v) is 2.74. The van der Waals surface area contributed by atoms with Crippen molar-refractivity contribution >= 4 is 11.5 Å². The number of rotatable bonds is 4. The summed E-state index contributed by atoms with van der Waals surface area (Å²) in [4.78, 5) is 9.61. The van der Waals surface area contributed by atoms with Crippen LogP contribution in [-0.2, 0) is 0 Å². The van der Waals surface area contributed by atoms with Crippen LogP contribution in [-0.4, -0.2) is 16.7 Å². The van der Waals surface area contributed by atoms with Gasteiger partial charge in [0, 0.05) is 11.1 Å². The minimum atomic E-state index is -0.0210. The number of phenolic OH excluding ortho intramolecular Hbond substituents is 1. The minimum Gasteiger partial charge on any atom is -0.507 e. The van der Waals surface area contributed by atoms with E-state index in [9.17, 15) is 5.11 Å². The largest absolute Gasteiger partial charge is 0.507 e. The standard InChI is InChI=1S/C23H22N2O/c1-17(19-11-5-3-6-12-19)24-23(20-13-7-4-8-14-20)25-18(2)21-15-9-10-16-22(21)26/h3-17,26H,1-2H3/b24-23-,25-18+. The molecule has 130 valence electrons. The lowest BCUT2D eigenvalue weighted by molar-refractivity contribution is 0.474. The van der Waals surface area contributed by atoms with Gasteiger partial charge in [-0.15, -0.1) is 0 Å². The van der Waals surface area contributed by atoms with E-state index in [0.29, 0.717) is 11.4 Å². The lowest BCUT2D eigenvalue weighted by atomic mass is 10.1. The first kappa shape index (κ1) is 17.6. The monoisotopic (exact) mass is 342 g/mol. The van der Waals surface area contributed by atoms with Crippen molar-refractivity contribution in [2.45, 2.75) is 19.9 Å². The summed E-state index contributed by atoms with van der Waals surface area (Å²) < 4.78 is 0. The maximum atomic E-state index is 10.1. The second-order valence-electron chi connectivity index (χ2n) is 6.12. The van der Waals surface area contributed by atoms with Crippen LogP contribution in [0.4, 0.5) is 0 Å². The van der Waals surface area contributed by atoms with Crippen LogP contribution in [0.5, 0.6) is 5.75 Å². The van der Waals surface area contributed by atoms with Crippen molar-refractivity contribution in [3.05, 3.63) is 102 Å². The molecule has 3 rings (SSSR count). The van der Waals surface area contributed by atoms with Gasteiger partial charge in [-0.25, -0.2) is 4.99 Å². The Morgan fingerprint density at radius 2 is 1.38 bits per heavy atom. The van der Waals surface area contributed by atoms with Gasteiger partial charge in [0.05, 0.1) is 11.8 Å². The summed E-state index contributed by atoms with van der Waals surface area (Å²) in [5.74, 6) is 0.875. The highest BCUT2D eigenvalue weighted by Gasteiger charge is 2.10. The molecule has 0 spiro atoms. The van der Waals surface area contributed by atoms with E-state index in [1.54, 1.807) is 12.1 Å². The van der Waals surface area contributed by atoms with Crippen LogP contribution < -0.4 is 0 Å². The van der Waals surface area contributed by atoms with Gasteiger partial charge in [-0.3, -0.25) is 4.99 Å². The molecule has 3 aromatic carbocycles. The van der Waals surface area contributed by atoms with E-state index in [0.717, 1.165) is 16.8 Å². The van der Waals surface area contributed by atoms with Crippen molar-refractivity contribution in [3.8, 4) is 5.75 Å². The molecule has 0 radical (unpaired) electrons. The van der Waals surface area contributed by atoms with Crippen molar-refractivity contribution in [1.29, 1.82) is 0 Å². The molecule has 3 aromatic rings. The third-order valence-corrected chi connectivity index (χ3v) is 4.20. The molecule has 1 atom stereocenters. The molecule has 0 saturated carbocycles. The van der Waals surface area contributed by atoms with Crippen molar-refractivity contribution in [1.82, 2.24) is 0 Å². The number of amidine groups is 1. The molecule has 3 heteroatoms. The van der Waals surface area contributed by atoms with E-state index in [1.165, 1.54) is 0 Å². The first-order valence-corrected chi connectivity index (χ1v) is 8.67. The lowest BCUT2D eigenvalue weighted by Crippen LogP contribution is -2.06. The second kappa shape index (κ2) is 8.26. The predicted molar refractivity (Wildman–Crippen MR) is 108 cm³/mol. The van der Waals surface area contributed by atoms with E-state index in [2.05, 4.69) is 19.1 Å². The van der Waals surface area contributed by atoms with Crippen molar-refractivity contribution in [2.24, 2.45) is 9.98 Å². The number of benzene rings is 3. The predicted octanol–water partition coefficient (Wildman–Crippen LogP) is 5.41. The highest BCUT2D eigenvalue weighted by Crippen LogP contribution is 2.20. The fraction of sp³-hybridized carbons (Fsp3) is 0.130. The molecular weight excluding hydrogens is 320 g/mol. The van der Waals surface area contributed by atoms with E-state index < -0.39 is 0 Å². The summed E-state index contributed by atoms with van der Waals surface area (Å²) in [6.45, 7) is 3.95. The molecule has 0 aromatic heterocycles. The number of phenols is 1. The smallest absolute Gasteiger partial charge is 0.155 e. The SMILES string of the molecule is C/C(=N\C(=N/C(C)c1ccccc1)c1ccccc1)c1ccccc1O. The molecule has 26 heavy (non-hydrogen) atoms. The molecule has 0 fully saturated rings. The molecular formula is C23H22N2O.